The summed E-state index contributed by atoms with van der Waals surface area (Å²) < 4.78 is 0. The van der Waals surface area contributed by atoms with Gasteiger partial charge in [0.1, 0.15) is 0 Å². The van der Waals surface area contributed by atoms with Gasteiger partial charge in [0.15, 0.2) is 0 Å². The zero-order chi connectivity index (χ0) is 22.8. The topological polar surface area (TPSA) is 44.5 Å². The minimum atomic E-state index is -0.0274. The van der Waals surface area contributed by atoms with Crippen LogP contribution in [-0.2, 0) is 0 Å². The third kappa shape index (κ3) is 4.86. The monoisotopic (exact) mass is 476 g/mol. The Hall–Kier alpha value is -2.60. The number of rotatable bonds is 5. The molecule has 5 rings (SSSR count). The van der Waals surface area contributed by atoms with Crippen molar-refractivity contribution in [3.8, 4) is 0 Å². The molecule has 2 unspecified atom stereocenters. The Bertz CT molecular complexity index is 1110. The number of thiocarbonyl (C=S) groups is 1. The molecule has 3 aromatic rings. The molecule has 2 aliphatic rings. The van der Waals surface area contributed by atoms with Gasteiger partial charge < -0.3 is 16.0 Å². The third-order valence-electron chi connectivity index (χ3n) is 6.79. The number of halogens is 1. The smallest absolute Gasteiger partial charge is 0.0837 e. The summed E-state index contributed by atoms with van der Waals surface area (Å²) in [6.07, 6.45) is 1.01. The van der Waals surface area contributed by atoms with Crippen LogP contribution >= 0.6 is 23.8 Å². The lowest BCUT2D eigenvalue weighted by molar-refractivity contribution is 0.252. The van der Waals surface area contributed by atoms with Gasteiger partial charge in [-0.25, -0.2) is 0 Å². The molecule has 3 N–H and O–H groups in total. The lowest BCUT2D eigenvalue weighted by atomic mass is 9.82. The van der Waals surface area contributed by atoms with Gasteiger partial charge in [0.05, 0.1) is 11.0 Å². The van der Waals surface area contributed by atoms with Gasteiger partial charge in [0.2, 0.25) is 0 Å². The number of fused-ring (bicyclic) bond motifs is 1. The molecule has 0 spiro atoms. The first-order valence-corrected chi connectivity index (χ1v) is 12.3. The lowest BCUT2D eigenvalue weighted by Crippen LogP contribution is -2.47. The van der Waals surface area contributed by atoms with Gasteiger partial charge in [-0.2, -0.15) is 0 Å². The van der Waals surface area contributed by atoms with E-state index in [4.69, 9.17) is 29.6 Å². The summed E-state index contributed by atoms with van der Waals surface area (Å²) in [5.74, 6) is 0.219. The molecule has 0 aliphatic carbocycles. The van der Waals surface area contributed by atoms with E-state index in [1.165, 1.54) is 16.8 Å². The highest BCUT2D eigenvalue weighted by Gasteiger charge is 2.32. The van der Waals surface area contributed by atoms with Crippen LogP contribution in [0.2, 0.25) is 5.02 Å². The van der Waals surface area contributed by atoms with E-state index >= 15 is 0 Å². The highest BCUT2D eigenvalue weighted by Crippen LogP contribution is 2.38. The number of hydrogen-bond donors (Lipinski definition) is 2. The number of para-hydroxylation sites is 1. The minimum absolute atomic E-state index is 0.0274. The van der Waals surface area contributed by atoms with Crippen LogP contribution < -0.4 is 16.0 Å². The number of nitrogens with zero attached hydrogens (tertiary/aromatic N) is 2. The van der Waals surface area contributed by atoms with E-state index in [2.05, 4.69) is 69.7 Å². The summed E-state index contributed by atoms with van der Waals surface area (Å²) in [6.45, 7) is 5.32. The van der Waals surface area contributed by atoms with Crippen molar-refractivity contribution in [3.05, 3.63) is 94.5 Å². The molecular formula is C27H29ClN4S. The van der Waals surface area contributed by atoms with Crippen molar-refractivity contribution in [2.45, 2.75) is 18.4 Å². The minimum Gasteiger partial charge on any atom is -0.399 e. The average Bonchev–Trinajstić information content (AvgIpc) is 2.83. The third-order valence-corrected chi connectivity index (χ3v) is 7.41. The number of benzene rings is 3. The van der Waals surface area contributed by atoms with E-state index in [1.807, 2.05) is 12.1 Å². The first kappa shape index (κ1) is 22.2. The molecule has 6 heteroatoms. The van der Waals surface area contributed by atoms with E-state index < -0.39 is 0 Å². The molecule has 0 saturated carbocycles. The van der Waals surface area contributed by atoms with E-state index in [0.29, 0.717) is 10.7 Å². The van der Waals surface area contributed by atoms with Crippen LogP contribution in [0.3, 0.4) is 0 Å². The van der Waals surface area contributed by atoms with Crippen LogP contribution in [0.25, 0.3) is 0 Å². The molecule has 33 heavy (non-hydrogen) atoms. The van der Waals surface area contributed by atoms with Crippen molar-refractivity contribution in [3.63, 3.8) is 0 Å². The van der Waals surface area contributed by atoms with Gasteiger partial charge in [0, 0.05) is 48.5 Å². The predicted octanol–water partition coefficient (Wildman–Crippen LogP) is 5.24. The Morgan fingerprint density at radius 3 is 2.33 bits per heavy atom. The molecule has 1 saturated heterocycles. The molecule has 170 valence electrons. The summed E-state index contributed by atoms with van der Waals surface area (Å²) in [5, 5.41) is 4.25. The van der Waals surface area contributed by atoms with Crippen LogP contribution in [0, 0.1) is 0 Å². The van der Waals surface area contributed by atoms with Crippen molar-refractivity contribution in [2.75, 3.05) is 43.4 Å². The van der Waals surface area contributed by atoms with Crippen LogP contribution in [0.5, 0.6) is 0 Å². The number of piperazine rings is 1. The van der Waals surface area contributed by atoms with Gasteiger partial charge in [-0.1, -0.05) is 66.3 Å². The molecule has 2 heterocycles. The van der Waals surface area contributed by atoms with Gasteiger partial charge in [-0.3, -0.25) is 4.90 Å². The maximum atomic E-state index is 6.30. The molecule has 1 fully saturated rings. The molecule has 2 atom stereocenters. The zero-order valence-electron chi connectivity index (χ0n) is 18.6. The standard InChI is InChI=1S/C27H29ClN4S/c28-20-16-19(17-21(29)18-20)26-24-9-5-4-8-23(24)25(27(33)30-26)10-11-31-12-14-32(15-13-31)22-6-2-1-3-7-22/h1-9,16-18,25-26H,10-15,29H2,(H,30,33). The maximum absolute atomic E-state index is 6.30. The average molecular weight is 477 g/mol. The van der Waals surface area contributed by atoms with Crippen LogP contribution in [0.15, 0.2) is 72.8 Å². The Balaban J connectivity index is 1.28. The summed E-state index contributed by atoms with van der Waals surface area (Å²) in [7, 11) is 0. The summed E-state index contributed by atoms with van der Waals surface area (Å²) in [6, 6.07) is 25.0. The number of hydrogen-bond acceptors (Lipinski definition) is 4. The fraction of sp³-hybridized carbons (Fsp3) is 0.296. The molecular weight excluding hydrogens is 448 g/mol. The molecule has 0 aromatic heterocycles. The number of anilines is 2. The molecule has 2 aliphatic heterocycles. The molecule has 4 nitrogen and oxygen atoms in total. The van der Waals surface area contributed by atoms with Crippen LogP contribution in [0.1, 0.15) is 35.1 Å². The highest BCUT2D eigenvalue weighted by molar-refractivity contribution is 7.80. The zero-order valence-corrected chi connectivity index (χ0v) is 20.2. The lowest BCUT2D eigenvalue weighted by Gasteiger charge is -2.38. The number of nitrogens with two attached hydrogens (primary N) is 1. The molecule has 0 amide bonds. The van der Waals surface area contributed by atoms with Gasteiger partial charge >= 0.3 is 0 Å². The summed E-state index contributed by atoms with van der Waals surface area (Å²) in [4.78, 5) is 5.94. The highest BCUT2D eigenvalue weighted by atomic mass is 35.5. The maximum Gasteiger partial charge on any atom is 0.0837 e. The van der Waals surface area contributed by atoms with Gasteiger partial charge in [-0.05, 0) is 60.0 Å². The Morgan fingerprint density at radius 2 is 1.61 bits per heavy atom. The van der Waals surface area contributed by atoms with Crippen molar-refractivity contribution in [1.29, 1.82) is 0 Å². The normalized spacial score (nSPS) is 20.9. The van der Waals surface area contributed by atoms with E-state index in [9.17, 15) is 0 Å². The predicted molar refractivity (Wildman–Crippen MR) is 142 cm³/mol. The van der Waals surface area contributed by atoms with Crippen LogP contribution in [0.4, 0.5) is 11.4 Å². The first-order chi connectivity index (χ1) is 16.1. The van der Waals surface area contributed by atoms with E-state index in [-0.39, 0.29) is 12.0 Å². The second kappa shape index (κ2) is 9.72. The van der Waals surface area contributed by atoms with Crippen molar-refractivity contribution in [2.24, 2.45) is 0 Å². The second-order valence-electron chi connectivity index (χ2n) is 8.89. The SMILES string of the molecule is Nc1cc(Cl)cc(C2NC(=S)C(CCN3CCN(c4ccccc4)CC3)c3ccccc32)c1. The van der Waals surface area contributed by atoms with E-state index in [1.54, 1.807) is 6.07 Å². The first-order valence-electron chi connectivity index (χ1n) is 11.6. The van der Waals surface area contributed by atoms with E-state index in [0.717, 1.165) is 49.7 Å². The second-order valence-corrected chi connectivity index (χ2v) is 9.77. The fourth-order valence-electron chi connectivity index (χ4n) is 5.09. The van der Waals surface area contributed by atoms with Crippen molar-refractivity contribution in [1.82, 2.24) is 10.2 Å². The summed E-state index contributed by atoms with van der Waals surface area (Å²) >= 11 is 12.2. The molecule has 0 radical (unpaired) electrons. The van der Waals surface area contributed by atoms with Crippen molar-refractivity contribution < 1.29 is 0 Å². The van der Waals surface area contributed by atoms with Gasteiger partial charge in [0.25, 0.3) is 0 Å². The molecule has 3 aromatic carbocycles. The quantitative estimate of drug-likeness (QED) is 0.389. The molecule has 0 bridgehead atoms. The number of nitrogen functional groups attached to an aromatic ring is 1. The van der Waals surface area contributed by atoms with Crippen LogP contribution in [-0.4, -0.2) is 42.6 Å². The Morgan fingerprint density at radius 1 is 0.909 bits per heavy atom. The fourth-order valence-corrected chi connectivity index (χ4v) is 5.70. The Kier molecular flexibility index (Phi) is 6.54. The Labute approximate surface area is 206 Å². The van der Waals surface area contributed by atoms with Crippen molar-refractivity contribution >= 4 is 40.2 Å². The number of nitrogens with one attached hydrogen (secondary N) is 1. The summed E-state index contributed by atoms with van der Waals surface area (Å²) in [5.41, 5.74) is 11.7. The van der Waals surface area contributed by atoms with Gasteiger partial charge in [-0.15, -0.1) is 0 Å². The largest absolute Gasteiger partial charge is 0.399 e.